The number of ether oxygens (including phenoxy) is 2. The van der Waals surface area contributed by atoms with Gasteiger partial charge in [0, 0.05) is 12.1 Å². The number of carboxylic acids is 1. The lowest BCUT2D eigenvalue weighted by Crippen LogP contribution is -2.32. The van der Waals surface area contributed by atoms with E-state index in [1.165, 1.54) is 7.11 Å². The highest BCUT2D eigenvalue weighted by Crippen LogP contribution is 2.28. The van der Waals surface area contributed by atoms with Crippen molar-refractivity contribution in [3.05, 3.63) is 36.4 Å². The molecule has 1 aromatic rings. The minimum atomic E-state index is -1.31. The molecule has 23 heavy (non-hydrogen) atoms. The number of hydrogen-bond acceptors (Lipinski definition) is 6. The summed E-state index contributed by atoms with van der Waals surface area (Å²) < 4.78 is 10.3. The molecule has 1 aromatic carbocycles. The number of methoxy groups -OCH3 is 1. The van der Waals surface area contributed by atoms with Gasteiger partial charge in [0.2, 0.25) is 0 Å². The number of carboxylic acid groups (broad SMARTS) is 1. The predicted molar refractivity (Wildman–Crippen MR) is 89.6 cm³/mol. The number of carbonyl (C=O) groups excluding carboxylic acids is 1. The highest BCUT2D eigenvalue weighted by Gasteiger charge is 2.08. The third kappa shape index (κ3) is 6.35. The van der Waals surface area contributed by atoms with Crippen molar-refractivity contribution in [3.63, 3.8) is 0 Å². The Balaban J connectivity index is 2.81. The number of rotatable bonds is 8. The van der Waals surface area contributed by atoms with Gasteiger partial charge in [-0.15, -0.1) is 6.58 Å². The van der Waals surface area contributed by atoms with E-state index in [9.17, 15) is 9.90 Å². The highest BCUT2D eigenvalue weighted by molar-refractivity contribution is 7.80. The number of nitrogens with zero attached hydrogens (tertiary/aromatic N) is 1. The van der Waals surface area contributed by atoms with Gasteiger partial charge in [0.15, 0.2) is 16.6 Å². The molecule has 0 radical (unpaired) electrons. The summed E-state index contributed by atoms with van der Waals surface area (Å²) in [7, 11) is 1.46. The lowest BCUT2D eigenvalue weighted by atomic mass is 10.1. The molecule has 0 aliphatic carbocycles. The molecule has 0 atom stereocenters. The van der Waals surface area contributed by atoms with Gasteiger partial charge in [-0.1, -0.05) is 6.08 Å². The highest BCUT2D eigenvalue weighted by atomic mass is 32.1. The van der Waals surface area contributed by atoms with E-state index < -0.39 is 12.6 Å². The Kier molecular flexibility index (Phi) is 7.55. The maximum Gasteiger partial charge on any atom is 0.187 e. The number of hydrazone groups is 1. The zero-order chi connectivity index (χ0) is 17.2. The van der Waals surface area contributed by atoms with Gasteiger partial charge in [-0.3, -0.25) is 5.43 Å². The molecule has 0 spiro atoms. The molecule has 2 N–H and O–H groups in total. The Bertz CT molecular complexity index is 617. The van der Waals surface area contributed by atoms with E-state index in [1.54, 1.807) is 31.2 Å². The molecule has 0 aliphatic rings. The van der Waals surface area contributed by atoms with Crippen LogP contribution in [-0.2, 0) is 4.79 Å². The van der Waals surface area contributed by atoms with Crippen LogP contribution < -0.4 is 25.3 Å². The predicted octanol–water partition coefficient (Wildman–Crippen LogP) is 0.198. The summed E-state index contributed by atoms with van der Waals surface area (Å²) in [6.45, 7) is 5.36. The monoisotopic (exact) mass is 336 g/mol. The fraction of sp³-hybridized carbons (Fsp3) is 0.267. The van der Waals surface area contributed by atoms with Crippen LogP contribution in [-0.4, -0.2) is 37.1 Å². The van der Waals surface area contributed by atoms with Gasteiger partial charge in [-0.25, -0.2) is 0 Å². The zero-order valence-electron chi connectivity index (χ0n) is 12.9. The molecule has 0 aromatic heterocycles. The molecule has 0 amide bonds. The third-order valence-corrected chi connectivity index (χ3v) is 2.89. The Labute approximate surface area is 140 Å². The first kappa shape index (κ1) is 18.4. The summed E-state index contributed by atoms with van der Waals surface area (Å²) in [6, 6.07) is 5.02. The van der Waals surface area contributed by atoms with Gasteiger partial charge in [-0.05, 0) is 37.3 Å². The first-order chi connectivity index (χ1) is 11.0. The van der Waals surface area contributed by atoms with E-state index in [4.69, 9.17) is 21.7 Å². The number of nitrogens with one attached hydrogen (secondary N) is 2. The van der Waals surface area contributed by atoms with Crippen molar-refractivity contribution in [1.82, 2.24) is 10.7 Å². The van der Waals surface area contributed by atoms with Crippen molar-refractivity contribution in [2.75, 3.05) is 20.3 Å². The van der Waals surface area contributed by atoms with Crippen LogP contribution in [0.4, 0.5) is 0 Å². The van der Waals surface area contributed by atoms with E-state index in [0.29, 0.717) is 28.9 Å². The van der Waals surface area contributed by atoms with Crippen molar-refractivity contribution >= 4 is 29.0 Å². The molecular formula is C15H18N3O4S-. The fourth-order valence-electron chi connectivity index (χ4n) is 1.55. The molecule has 0 aliphatic heterocycles. The summed E-state index contributed by atoms with van der Waals surface area (Å²) in [4.78, 5) is 10.4. The molecule has 0 heterocycles. The Morgan fingerprint density at radius 2 is 2.22 bits per heavy atom. The molecular weight excluding hydrogens is 318 g/mol. The summed E-state index contributed by atoms with van der Waals surface area (Å²) in [6.07, 6.45) is 1.68. The Morgan fingerprint density at radius 1 is 1.48 bits per heavy atom. The van der Waals surface area contributed by atoms with Gasteiger partial charge in [-0.2, -0.15) is 5.10 Å². The van der Waals surface area contributed by atoms with Crippen LogP contribution in [0.15, 0.2) is 36.0 Å². The Hall–Kier alpha value is -2.61. The van der Waals surface area contributed by atoms with E-state index >= 15 is 0 Å². The molecule has 0 bridgehead atoms. The largest absolute Gasteiger partial charge is 0.546 e. The second-order valence-corrected chi connectivity index (χ2v) is 4.74. The molecule has 1 rings (SSSR count). The molecule has 0 saturated carbocycles. The van der Waals surface area contributed by atoms with Crippen LogP contribution in [0.2, 0.25) is 0 Å². The smallest absolute Gasteiger partial charge is 0.187 e. The maximum atomic E-state index is 10.4. The standard InChI is InChI=1S/C15H19N3O4S/c1-4-7-16-15(23)18-17-10(2)11-5-6-12(13(8-11)21-3)22-9-14(19)20/h4-6,8H,1,7,9H2,2-3H3,(H,19,20)(H2,16,18,23)/p-1/b17-10-. The second-order valence-electron chi connectivity index (χ2n) is 4.33. The molecule has 0 unspecified atom stereocenters. The van der Waals surface area contributed by atoms with Crippen LogP contribution >= 0.6 is 12.2 Å². The van der Waals surface area contributed by atoms with Crippen molar-refractivity contribution in [3.8, 4) is 11.5 Å². The van der Waals surface area contributed by atoms with Gasteiger partial charge in [0.1, 0.15) is 6.61 Å². The Morgan fingerprint density at radius 3 is 2.83 bits per heavy atom. The average molecular weight is 336 g/mol. The molecule has 124 valence electrons. The fourth-order valence-corrected chi connectivity index (χ4v) is 1.68. The van der Waals surface area contributed by atoms with Crippen molar-refractivity contribution < 1.29 is 19.4 Å². The van der Waals surface area contributed by atoms with Crippen LogP contribution in [0.3, 0.4) is 0 Å². The number of thiocarbonyl (C=S) groups is 1. The summed E-state index contributed by atoms with van der Waals surface area (Å²) >= 11 is 5.03. The minimum absolute atomic E-state index is 0.310. The van der Waals surface area contributed by atoms with Gasteiger partial charge < -0.3 is 24.7 Å². The van der Waals surface area contributed by atoms with Gasteiger partial charge in [0.05, 0.1) is 18.8 Å². The number of hydrogen-bond donors (Lipinski definition) is 2. The maximum absolute atomic E-state index is 10.4. The van der Waals surface area contributed by atoms with Crippen molar-refractivity contribution in [2.24, 2.45) is 5.10 Å². The van der Waals surface area contributed by atoms with Crippen LogP contribution in [0, 0.1) is 0 Å². The molecule has 0 fully saturated rings. The lowest BCUT2D eigenvalue weighted by molar-refractivity contribution is -0.307. The minimum Gasteiger partial charge on any atom is -0.546 e. The van der Waals surface area contributed by atoms with Gasteiger partial charge >= 0.3 is 0 Å². The quantitative estimate of drug-likeness (QED) is 0.303. The molecule has 7 nitrogen and oxygen atoms in total. The number of benzene rings is 1. The first-order valence-corrected chi connectivity index (χ1v) is 7.08. The molecule has 0 saturated heterocycles. The average Bonchev–Trinajstić information content (AvgIpc) is 2.55. The first-order valence-electron chi connectivity index (χ1n) is 6.68. The van der Waals surface area contributed by atoms with Gasteiger partial charge in [0.25, 0.3) is 0 Å². The summed E-state index contributed by atoms with van der Waals surface area (Å²) in [5, 5.41) is 17.9. The number of carbonyl (C=O) groups is 1. The third-order valence-electron chi connectivity index (χ3n) is 2.66. The SMILES string of the molecule is C=CCNC(=S)N/N=C(/C)c1ccc(OCC(=O)[O-])c(OC)c1. The normalized spacial score (nSPS) is 10.6. The molecule has 8 heteroatoms. The van der Waals surface area contributed by atoms with Crippen LogP contribution in [0.5, 0.6) is 11.5 Å². The lowest BCUT2D eigenvalue weighted by Gasteiger charge is -2.12. The number of aliphatic carboxylic acids is 1. The zero-order valence-corrected chi connectivity index (χ0v) is 13.7. The van der Waals surface area contributed by atoms with Crippen LogP contribution in [0.25, 0.3) is 0 Å². The second kappa shape index (κ2) is 9.42. The summed E-state index contributed by atoms with van der Waals surface area (Å²) in [5.74, 6) is -0.603. The van der Waals surface area contributed by atoms with E-state index in [1.807, 2.05) is 0 Å². The van der Waals surface area contributed by atoms with Crippen LogP contribution in [0.1, 0.15) is 12.5 Å². The summed E-state index contributed by atoms with van der Waals surface area (Å²) in [5.41, 5.74) is 4.14. The van der Waals surface area contributed by atoms with E-state index in [0.717, 1.165) is 5.56 Å². The van der Waals surface area contributed by atoms with E-state index in [-0.39, 0.29) is 0 Å². The van der Waals surface area contributed by atoms with Crippen molar-refractivity contribution in [2.45, 2.75) is 6.92 Å². The van der Waals surface area contributed by atoms with Crippen molar-refractivity contribution in [1.29, 1.82) is 0 Å². The topological polar surface area (TPSA) is 95.0 Å². The van der Waals surface area contributed by atoms with E-state index in [2.05, 4.69) is 22.4 Å².